The lowest BCUT2D eigenvalue weighted by Crippen LogP contribution is -2.31. The fourth-order valence-corrected chi connectivity index (χ4v) is 1.67. The Kier molecular flexibility index (Phi) is 6.35. The van der Waals surface area contributed by atoms with Crippen molar-refractivity contribution in [1.82, 2.24) is 14.9 Å². The highest BCUT2D eigenvalue weighted by molar-refractivity contribution is 9.10. The van der Waals surface area contributed by atoms with Gasteiger partial charge in [0.2, 0.25) is 5.95 Å². The largest absolute Gasteiger partial charge is 0.368 e. The lowest BCUT2D eigenvalue weighted by Gasteiger charge is -2.21. The van der Waals surface area contributed by atoms with Gasteiger partial charge >= 0.3 is 0 Å². The van der Waals surface area contributed by atoms with E-state index in [2.05, 4.69) is 62.3 Å². The molecule has 0 amide bonds. The van der Waals surface area contributed by atoms with Crippen molar-refractivity contribution < 1.29 is 0 Å². The van der Waals surface area contributed by atoms with Gasteiger partial charge in [0.1, 0.15) is 5.82 Å². The highest BCUT2D eigenvalue weighted by Gasteiger charge is 2.06. The molecule has 5 nitrogen and oxygen atoms in total. The summed E-state index contributed by atoms with van der Waals surface area (Å²) in [5, 5.41) is 6.42. The summed E-state index contributed by atoms with van der Waals surface area (Å²) in [7, 11) is 2.12. The quantitative estimate of drug-likeness (QED) is 0.809. The SMILES string of the molecule is CCNc1ncc(Br)c(NCCN(C)C(C)C)n1. The second-order valence-electron chi connectivity index (χ2n) is 4.42. The summed E-state index contributed by atoms with van der Waals surface area (Å²) < 4.78 is 0.886. The van der Waals surface area contributed by atoms with Crippen molar-refractivity contribution in [3.8, 4) is 0 Å². The Labute approximate surface area is 118 Å². The van der Waals surface area contributed by atoms with Crippen LogP contribution in [0.3, 0.4) is 0 Å². The van der Waals surface area contributed by atoms with Gasteiger partial charge in [0.25, 0.3) is 0 Å². The molecule has 18 heavy (non-hydrogen) atoms. The Morgan fingerprint density at radius 3 is 2.72 bits per heavy atom. The standard InChI is InChI=1S/C12H22BrN5/c1-5-14-12-16-8-10(13)11(17-12)15-6-7-18(4)9(2)3/h8-9H,5-7H2,1-4H3,(H2,14,15,16,17). The molecule has 0 aliphatic rings. The number of halogens is 1. The van der Waals surface area contributed by atoms with Gasteiger partial charge in [-0.15, -0.1) is 0 Å². The topological polar surface area (TPSA) is 53.1 Å². The third kappa shape index (κ3) is 4.78. The molecule has 1 rings (SSSR count). The maximum atomic E-state index is 4.41. The predicted octanol–water partition coefficient (Wildman–Crippen LogP) is 2.42. The van der Waals surface area contributed by atoms with Crippen molar-refractivity contribution >= 4 is 27.7 Å². The normalized spacial score (nSPS) is 11.1. The zero-order valence-corrected chi connectivity index (χ0v) is 13.1. The zero-order chi connectivity index (χ0) is 13.5. The molecule has 0 radical (unpaired) electrons. The monoisotopic (exact) mass is 315 g/mol. The summed E-state index contributed by atoms with van der Waals surface area (Å²) in [4.78, 5) is 10.9. The van der Waals surface area contributed by atoms with Gasteiger partial charge in [-0.25, -0.2) is 4.98 Å². The van der Waals surface area contributed by atoms with Gasteiger partial charge in [-0.1, -0.05) is 0 Å². The minimum atomic E-state index is 0.554. The number of nitrogens with zero attached hydrogens (tertiary/aromatic N) is 3. The number of anilines is 2. The van der Waals surface area contributed by atoms with Crippen LogP contribution < -0.4 is 10.6 Å². The number of likely N-dealkylation sites (N-methyl/N-ethyl adjacent to an activating group) is 1. The molecule has 0 bridgehead atoms. The summed E-state index contributed by atoms with van der Waals surface area (Å²) in [6.45, 7) is 9.04. The molecule has 0 aliphatic carbocycles. The average molecular weight is 316 g/mol. The summed E-state index contributed by atoms with van der Waals surface area (Å²) in [5.41, 5.74) is 0. The van der Waals surface area contributed by atoms with Crippen molar-refractivity contribution in [2.45, 2.75) is 26.8 Å². The molecule has 0 saturated carbocycles. The Morgan fingerprint density at radius 1 is 1.39 bits per heavy atom. The van der Waals surface area contributed by atoms with Crippen molar-refractivity contribution in [1.29, 1.82) is 0 Å². The maximum Gasteiger partial charge on any atom is 0.224 e. The van der Waals surface area contributed by atoms with Crippen LogP contribution in [0.4, 0.5) is 11.8 Å². The fourth-order valence-electron chi connectivity index (χ4n) is 1.34. The van der Waals surface area contributed by atoms with Gasteiger partial charge in [-0.3, -0.25) is 0 Å². The van der Waals surface area contributed by atoms with Crippen molar-refractivity contribution in [3.63, 3.8) is 0 Å². The Balaban J connectivity index is 2.53. The Hall–Kier alpha value is -0.880. The third-order valence-electron chi connectivity index (χ3n) is 2.72. The van der Waals surface area contributed by atoms with Crippen LogP contribution in [0.1, 0.15) is 20.8 Å². The number of hydrogen-bond donors (Lipinski definition) is 2. The van der Waals surface area contributed by atoms with Crippen LogP contribution in [0.5, 0.6) is 0 Å². The number of aromatic nitrogens is 2. The average Bonchev–Trinajstić information content (AvgIpc) is 2.33. The first kappa shape index (κ1) is 15.2. The smallest absolute Gasteiger partial charge is 0.224 e. The first-order chi connectivity index (χ1) is 8.54. The minimum absolute atomic E-state index is 0.554. The molecule has 0 spiro atoms. The van der Waals surface area contributed by atoms with Crippen LogP contribution in [0.25, 0.3) is 0 Å². The van der Waals surface area contributed by atoms with E-state index in [9.17, 15) is 0 Å². The first-order valence-corrected chi connectivity index (χ1v) is 7.04. The molecule has 0 aromatic carbocycles. The summed E-state index contributed by atoms with van der Waals surface area (Å²) in [5.74, 6) is 1.48. The van der Waals surface area contributed by atoms with E-state index < -0.39 is 0 Å². The second-order valence-corrected chi connectivity index (χ2v) is 5.28. The summed E-state index contributed by atoms with van der Waals surface area (Å²) in [6.07, 6.45) is 1.76. The van der Waals surface area contributed by atoms with Crippen LogP contribution in [0.15, 0.2) is 10.7 Å². The zero-order valence-electron chi connectivity index (χ0n) is 11.5. The van der Waals surface area contributed by atoms with Gasteiger partial charge in [0.05, 0.1) is 4.47 Å². The van der Waals surface area contributed by atoms with Gasteiger partial charge in [-0.2, -0.15) is 4.98 Å². The van der Waals surface area contributed by atoms with E-state index in [1.54, 1.807) is 6.20 Å². The second kappa shape index (κ2) is 7.53. The molecule has 0 unspecified atom stereocenters. The molecule has 102 valence electrons. The molecular weight excluding hydrogens is 294 g/mol. The van der Waals surface area contributed by atoms with E-state index >= 15 is 0 Å². The lowest BCUT2D eigenvalue weighted by molar-refractivity contribution is 0.284. The van der Waals surface area contributed by atoms with E-state index in [4.69, 9.17) is 0 Å². The number of rotatable bonds is 7. The van der Waals surface area contributed by atoms with Gasteiger partial charge in [0.15, 0.2) is 0 Å². The maximum absolute atomic E-state index is 4.41. The number of nitrogens with one attached hydrogen (secondary N) is 2. The highest BCUT2D eigenvalue weighted by atomic mass is 79.9. The molecule has 1 aromatic heterocycles. The molecular formula is C12H22BrN5. The van der Waals surface area contributed by atoms with Crippen molar-refractivity contribution in [3.05, 3.63) is 10.7 Å². The third-order valence-corrected chi connectivity index (χ3v) is 3.30. The molecule has 0 atom stereocenters. The van der Waals surface area contributed by atoms with E-state index in [1.165, 1.54) is 0 Å². The van der Waals surface area contributed by atoms with Gasteiger partial charge in [-0.05, 0) is 43.7 Å². The molecule has 0 saturated heterocycles. The molecule has 2 N–H and O–H groups in total. The summed E-state index contributed by atoms with van der Waals surface area (Å²) in [6, 6.07) is 0.554. The number of hydrogen-bond acceptors (Lipinski definition) is 5. The fraction of sp³-hybridized carbons (Fsp3) is 0.667. The molecule has 0 fully saturated rings. The van der Waals surface area contributed by atoms with E-state index in [1.807, 2.05) is 6.92 Å². The van der Waals surface area contributed by atoms with Crippen LogP contribution >= 0.6 is 15.9 Å². The molecule has 1 aromatic rings. The van der Waals surface area contributed by atoms with Crippen molar-refractivity contribution in [2.24, 2.45) is 0 Å². The van der Waals surface area contributed by atoms with Crippen LogP contribution in [-0.4, -0.2) is 47.6 Å². The molecule has 1 heterocycles. The van der Waals surface area contributed by atoms with Gasteiger partial charge in [0, 0.05) is 31.9 Å². The van der Waals surface area contributed by atoms with E-state index in [0.717, 1.165) is 29.9 Å². The first-order valence-electron chi connectivity index (χ1n) is 6.25. The van der Waals surface area contributed by atoms with E-state index in [0.29, 0.717) is 12.0 Å². The Morgan fingerprint density at radius 2 is 2.11 bits per heavy atom. The Bertz CT molecular complexity index is 369. The van der Waals surface area contributed by atoms with Gasteiger partial charge < -0.3 is 15.5 Å². The summed E-state index contributed by atoms with van der Waals surface area (Å²) >= 11 is 3.45. The predicted molar refractivity (Wildman–Crippen MR) is 80.2 cm³/mol. The van der Waals surface area contributed by atoms with E-state index in [-0.39, 0.29) is 0 Å². The van der Waals surface area contributed by atoms with Crippen LogP contribution in [0.2, 0.25) is 0 Å². The minimum Gasteiger partial charge on any atom is -0.368 e. The molecule has 6 heteroatoms. The van der Waals surface area contributed by atoms with Crippen molar-refractivity contribution in [2.75, 3.05) is 37.3 Å². The lowest BCUT2D eigenvalue weighted by atomic mass is 10.3. The highest BCUT2D eigenvalue weighted by Crippen LogP contribution is 2.19. The molecule has 0 aliphatic heterocycles. The van der Waals surface area contributed by atoms with Crippen LogP contribution in [0, 0.1) is 0 Å². The van der Waals surface area contributed by atoms with Crippen LogP contribution in [-0.2, 0) is 0 Å².